The average Bonchev–Trinajstić information content (AvgIpc) is 2.41. The van der Waals surface area contributed by atoms with Crippen molar-refractivity contribution in [1.29, 1.82) is 0 Å². The molecule has 1 heteroatoms. The molecule has 0 aromatic rings. The molecule has 1 nitrogen and oxygen atoms in total. The molecule has 0 spiro atoms. The Bertz CT molecular complexity index is 94.7. The Morgan fingerprint density at radius 1 is 1.14 bits per heavy atom. The molecule has 1 aliphatic heterocycles. The molecular weight excluding hydrogens is 88.1 g/mol. The minimum Gasteiger partial charge on any atom is -0.369 e. The van der Waals surface area contributed by atoms with Gasteiger partial charge in [0.2, 0.25) is 0 Å². The summed E-state index contributed by atoms with van der Waals surface area (Å²) >= 11 is 0. The Morgan fingerprint density at radius 2 is 1.71 bits per heavy atom. The summed E-state index contributed by atoms with van der Waals surface area (Å²) in [4.78, 5) is 0. The first kappa shape index (κ1) is 3.67. The van der Waals surface area contributed by atoms with Crippen molar-refractivity contribution in [3.8, 4) is 0 Å². The molecule has 0 unspecified atom stereocenters. The first-order valence-corrected chi connectivity index (χ1v) is 2.77. The van der Waals surface area contributed by atoms with Gasteiger partial charge in [0.15, 0.2) is 0 Å². The maximum atomic E-state index is 5.22. The Kier molecular flexibility index (Phi) is 0.577. The van der Waals surface area contributed by atoms with Gasteiger partial charge in [-0.1, -0.05) is 12.2 Å². The summed E-state index contributed by atoms with van der Waals surface area (Å²) in [5.74, 6) is 0. The Balaban J connectivity index is 2.10. The van der Waals surface area contributed by atoms with Crippen LogP contribution < -0.4 is 0 Å². The molecule has 1 aliphatic carbocycles. The summed E-state index contributed by atoms with van der Waals surface area (Å²) < 4.78 is 5.22. The molecule has 7 heavy (non-hydrogen) atoms. The SMILES string of the molecule is C1=CC[C@H]2O[C@@H]2C1. The molecule has 0 aromatic carbocycles. The van der Waals surface area contributed by atoms with Crippen LogP contribution in [-0.4, -0.2) is 12.2 Å². The standard InChI is InChI=1S/C6H8O/c1-2-4-6-5(3-1)7-6/h1-2,5-6H,3-4H2/t5-,6-/m1/s1. The maximum Gasteiger partial charge on any atom is 0.0879 e. The molecule has 38 valence electrons. The van der Waals surface area contributed by atoms with Crippen molar-refractivity contribution in [3.05, 3.63) is 12.2 Å². The van der Waals surface area contributed by atoms with Crippen LogP contribution in [0.25, 0.3) is 0 Å². The minimum absolute atomic E-state index is 0.616. The highest BCUT2D eigenvalue weighted by molar-refractivity contribution is 5.03. The molecule has 0 N–H and O–H groups in total. The Hall–Kier alpha value is -0.300. The third-order valence-corrected chi connectivity index (χ3v) is 1.59. The molecule has 2 rings (SSSR count). The van der Waals surface area contributed by atoms with Crippen molar-refractivity contribution in [2.24, 2.45) is 0 Å². The smallest absolute Gasteiger partial charge is 0.0879 e. The molecular formula is C6H8O. The number of hydrogen-bond acceptors (Lipinski definition) is 1. The van der Waals surface area contributed by atoms with Gasteiger partial charge in [-0.25, -0.2) is 0 Å². The van der Waals surface area contributed by atoms with E-state index in [1.54, 1.807) is 0 Å². The Morgan fingerprint density at radius 3 is 2.14 bits per heavy atom. The second kappa shape index (κ2) is 1.10. The lowest BCUT2D eigenvalue weighted by molar-refractivity contribution is 0.376. The van der Waals surface area contributed by atoms with Gasteiger partial charge in [0, 0.05) is 0 Å². The number of hydrogen-bond donors (Lipinski definition) is 0. The number of rotatable bonds is 0. The second-order valence-corrected chi connectivity index (χ2v) is 2.16. The van der Waals surface area contributed by atoms with E-state index >= 15 is 0 Å². The van der Waals surface area contributed by atoms with Crippen LogP contribution in [0.3, 0.4) is 0 Å². The van der Waals surface area contributed by atoms with Crippen LogP contribution in [0.1, 0.15) is 12.8 Å². The predicted octanol–water partition coefficient (Wildman–Crippen LogP) is 1.10. The van der Waals surface area contributed by atoms with Crippen LogP contribution in [0.2, 0.25) is 0 Å². The molecule has 2 aliphatic rings. The molecule has 0 aromatic heterocycles. The quantitative estimate of drug-likeness (QED) is 0.325. The zero-order valence-corrected chi connectivity index (χ0v) is 4.13. The summed E-state index contributed by atoms with van der Waals surface area (Å²) in [5, 5.41) is 0. The van der Waals surface area contributed by atoms with Gasteiger partial charge in [0.25, 0.3) is 0 Å². The number of ether oxygens (including phenoxy) is 1. The molecule has 0 saturated carbocycles. The summed E-state index contributed by atoms with van der Waals surface area (Å²) in [6.45, 7) is 0. The van der Waals surface area contributed by atoms with Crippen LogP contribution in [-0.2, 0) is 4.74 Å². The topological polar surface area (TPSA) is 12.5 Å². The van der Waals surface area contributed by atoms with E-state index in [-0.39, 0.29) is 0 Å². The summed E-state index contributed by atoms with van der Waals surface area (Å²) in [6, 6.07) is 0. The van der Waals surface area contributed by atoms with Gasteiger partial charge in [0.1, 0.15) is 0 Å². The maximum absolute atomic E-state index is 5.22. The zero-order chi connectivity index (χ0) is 4.69. The van der Waals surface area contributed by atoms with Gasteiger partial charge >= 0.3 is 0 Å². The van der Waals surface area contributed by atoms with E-state index in [2.05, 4.69) is 12.2 Å². The van der Waals surface area contributed by atoms with Gasteiger partial charge in [-0.2, -0.15) is 0 Å². The van der Waals surface area contributed by atoms with E-state index < -0.39 is 0 Å². The highest BCUT2D eigenvalue weighted by Gasteiger charge is 2.37. The van der Waals surface area contributed by atoms with E-state index in [4.69, 9.17) is 4.74 Å². The molecule has 1 saturated heterocycles. The van der Waals surface area contributed by atoms with E-state index in [1.807, 2.05) is 0 Å². The van der Waals surface area contributed by atoms with Gasteiger partial charge in [-0.3, -0.25) is 0 Å². The van der Waals surface area contributed by atoms with Crippen LogP contribution in [0, 0.1) is 0 Å². The van der Waals surface area contributed by atoms with Crippen molar-refractivity contribution in [3.63, 3.8) is 0 Å². The fraction of sp³-hybridized carbons (Fsp3) is 0.667. The van der Waals surface area contributed by atoms with Crippen molar-refractivity contribution < 1.29 is 4.74 Å². The molecule has 0 radical (unpaired) electrons. The molecule has 1 heterocycles. The van der Waals surface area contributed by atoms with Crippen LogP contribution in [0.15, 0.2) is 12.2 Å². The van der Waals surface area contributed by atoms with Crippen molar-refractivity contribution >= 4 is 0 Å². The second-order valence-electron chi connectivity index (χ2n) is 2.16. The minimum atomic E-state index is 0.616. The van der Waals surface area contributed by atoms with Gasteiger partial charge in [0.05, 0.1) is 12.2 Å². The highest BCUT2D eigenvalue weighted by atomic mass is 16.6. The third kappa shape index (κ3) is 0.484. The van der Waals surface area contributed by atoms with E-state index in [9.17, 15) is 0 Å². The lowest BCUT2D eigenvalue weighted by Crippen LogP contribution is -1.94. The molecule has 0 bridgehead atoms. The first-order valence-electron chi connectivity index (χ1n) is 2.77. The summed E-state index contributed by atoms with van der Waals surface area (Å²) in [5.41, 5.74) is 0. The molecule has 0 amide bonds. The molecule has 1 fully saturated rings. The van der Waals surface area contributed by atoms with E-state index in [1.165, 1.54) is 0 Å². The third-order valence-electron chi connectivity index (χ3n) is 1.59. The van der Waals surface area contributed by atoms with E-state index in [0.717, 1.165) is 12.8 Å². The van der Waals surface area contributed by atoms with Gasteiger partial charge in [-0.15, -0.1) is 0 Å². The first-order chi connectivity index (χ1) is 3.47. The number of fused-ring (bicyclic) bond motifs is 1. The lowest BCUT2D eigenvalue weighted by Gasteiger charge is -1.91. The van der Waals surface area contributed by atoms with E-state index in [0.29, 0.717) is 12.2 Å². The monoisotopic (exact) mass is 96.1 g/mol. The lowest BCUT2D eigenvalue weighted by atomic mass is 10.1. The molecule has 2 atom stereocenters. The largest absolute Gasteiger partial charge is 0.369 e. The average molecular weight is 96.1 g/mol. The van der Waals surface area contributed by atoms with Gasteiger partial charge < -0.3 is 4.74 Å². The zero-order valence-electron chi connectivity index (χ0n) is 4.13. The summed E-state index contributed by atoms with van der Waals surface area (Å²) in [6.07, 6.45) is 7.95. The highest BCUT2D eigenvalue weighted by Crippen LogP contribution is 2.31. The fourth-order valence-corrected chi connectivity index (χ4v) is 1.05. The van der Waals surface area contributed by atoms with Crippen LogP contribution >= 0.6 is 0 Å². The summed E-state index contributed by atoms with van der Waals surface area (Å²) in [7, 11) is 0. The fourth-order valence-electron chi connectivity index (χ4n) is 1.05. The van der Waals surface area contributed by atoms with Crippen molar-refractivity contribution in [1.82, 2.24) is 0 Å². The van der Waals surface area contributed by atoms with Crippen LogP contribution in [0.4, 0.5) is 0 Å². The predicted molar refractivity (Wildman–Crippen MR) is 27.0 cm³/mol. The number of epoxide rings is 1. The van der Waals surface area contributed by atoms with Crippen LogP contribution in [0.5, 0.6) is 0 Å². The van der Waals surface area contributed by atoms with Gasteiger partial charge in [-0.05, 0) is 12.8 Å². The Labute approximate surface area is 43.0 Å². The van der Waals surface area contributed by atoms with Crippen molar-refractivity contribution in [2.75, 3.05) is 0 Å². The normalized spacial score (nSPS) is 45.7. The van der Waals surface area contributed by atoms with Crippen molar-refractivity contribution in [2.45, 2.75) is 25.0 Å².